The summed E-state index contributed by atoms with van der Waals surface area (Å²) in [7, 11) is 0. The second-order valence-electron chi connectivity index (χ2n) is 7.34. The summed E-state index contributed by atoms with van der Waals surface area (Å²) in [5.41, 5.74) is 5.16. The van der Waals surface area contributed by atoms with Crippen molar-refractivity contribution in [1.29, 1.82) is 0 Å². The van der Waals surface area contributed by atoms with Crippen LogP contribution in [0.2, 0.25) is 0 Å². The molecule has 0 amide bonds. The summed E-state index contributed by atoms with van der Waals surface area (Å²) in [6.07, 6.45) is 2.01. The number of pyridine rings is 1. The van der Waals surface area contributed by atoms with Crippen LogP contribution in [0.25, 0.3) is 11.1 Å². The van der Waals surface area contributed by atoms with Crippen LogP contribution in [0, 0.1) is 5.92 Å². The lowest BCUT2D eigenvalue weighted by Crippen LogP contribution is -2.10. The minimum atomic E-state index is 0.176. The number of rotatable bonds is 3. The molecule has 0 aliphatic heterocycles. The summed E-state index contributed by atoms with van der Waals surface area (Å²) in [6, 6.07) is 13.2. The van der Waals surface area contributed by atoms with Gasteiger partial charge in [0.1, 0.15) is 0 Å². The molecule has 112 valence electrons. The third-order valence-electron chi connectivity index (χ3n) is 4.31. The van der Waals surface area contributed by atoms with Gasteiger partial charge in [0.2, 0.25) is 0 Å². The average Bonchev–Trinajstić information content (AvgIpc) is 2.46. The molecule has 0 aliphatic rings. The molecule has 0 fully saturated rings. The van der Waals surface area contributed by atoms with E-state index in [2.05, 4.69) is 82.9 Å². The van der Waals surface area contributed by atoms with Gasteiger partial charge in [0.05, 0.1) is 0 Å². The predicted octanol–water partition coefficient (Wildman–Crippen LogP) is 5.81. The van der Waals surface area contributed by atoms with Crippen molar-refractivity contribution < 1.29 is 0 Å². The van der Waals surface area contributed by atoms with Crippen LogP contribution in [0.5, 0.6) is 0 Å². The van der Waals surface area contributed by atoms with Gasteiger partial charge >= 0.3 is 0 Å². The van der Waals surface area contributed by atoms with Gasteiger partial charge in [-0.15, -0.1) is 0 Å². The standard InChI is InChI=1S/C20H27N/c1-14(2)15(3)19-11-10-17(13-21-19)16-8-7-9-18(12-16)20(4,5)6/h7-15H,1-6H3. The highest BCUT2D eigenvalue weighted by Gasteiger charge is 2.15. The van der Waals surface area contributed by atoms with Gasteiger partial charge in [0.15, 0.2) is 0 Å². The molecular weight excluding hydrogens is 254 g/mol. The molecule has 0 saturated heterocycles. The third-order valence-corrected chi connectivity index (χ3v) is 4.31. The fourth-order valence-corrected chi connectivity index (χ4v) is 2.35. The maximum Gasteiger partial charge on any atom is 0.0434 e. The highest BCUT2D eigenvalue weighted by atomic mass is 14.7. The second kappa shape index (κ2) is 6.01. The highest BCUT2D eigenvalue weighted by Crippen LogP contribution is 2.28. The van der Waals surface area contributed by atoms with Crippen molar-refractivity contribution in [3.63, 3.8) is 0 Å². The zero-order valence-corrected chi connectivity index (χ0v) is 14.1. The molecule has 1 atom stereocenters. The van der Waals surface area contributed by atoms with Gasteiger partial charge in [-0.25, -0.2) is 0 Å². The molecule has 1 nitrogen and oxygen atoms in total. The lowest BCUT2D eigenvalue weighted by Gasteiger charge is -2.20. The highest BCUT2D eigenvalue weighted by molar-refractivity contribution is 5.63. The van der Waals surface area contributed by atoms with Gasteiger partial charge in [-0.05, 0) is 28.5 Å². The maximum absolute atomic E-state index is 4.67. The van der Waals surface area contributed by atoms with Gasteiger partial charge in [-0.1, -0.05) is 71.9 Å². The zero-order valence-electron chi connectivity index (χ0n) is 14.1. The van der Waals surface area contributed by atoms with E-state index in [1.54, 1.807) is 0 Å². The number of benzene rings is 1. The first kappa shape index (κ1) is 15.8. The van der Waals surface area contributed by atoms with Crippen LogP contribution < -0.4 is 0 Å². The Hall–Kier alpha value is -1.63. The molecule has 2 aromatic rings. The molecule has 2 rings (SSSR count). The smallest absolute Gasteiger partial charge is 0.0434 e. The van der Waals surface area contributed by atoms with Gasteiger partial charge in [0, 0.05) is 23.4 Å². The van der Waals surface area contributed by atoms with Gasteiger partial charge in [-0.2, -0.15) is 0 Å². The van der Waals surface area contributed by atoms with E-state index in [9.17, 15) is 0 Å². The summed E-state index contributed by atoms with van der Waals surface area (Å²) in [5, 5.41) is 0. The molecule has 1 aromatic carbocycles. The van der Waals surface area contributed by atoms with Crippen molar-refractivity contribution in [3.8, 4) is 11.1 Å². The van der Waals surface area contributed by atoms with E-state index >= 15 is 0 Å². The van der Waals surface area contributed by atoms with E-state index in [0.717, 1.165) is 0 Å². The van der Waals surface area contributed by atoms with Crippen molar-refractivity contribution >= 4 is 0 Å². The van der Waals surface area contributed by atoms with Crippen LogP contribution in [0.15, 0.2) is 42.6 Å². The number of nitrogens with zero attached hydrogens (tertiary/aromatic N) is 1. The number of aromatic nitrogens is 1. The lowest BCUT2D eigenvalue weighted by atomic mass is 9.85. The second-order valence-corrected chi connectivity index (χ2v) is 7.34. The largest absolute Gasteiger partial charge is 0.260 e. The molecule has 0 radical (unpaired) electrons. The molecule has 0 spiro atoms. The SMILES string of the molecule is CC(C)C(C)c1ccc(-c2cccc(C(C)(C)C)c2)cn1. The van der Waals surface area contributed by atoms with Crippen LogP contribution >= 0.6 is 0 Å². The monoisotopic (exact) mass is 281 g/mol. The van der Waals surface area contributed by atoms with Crippen molar-refractivity contribution in [2.24, 2.45) is 5.92 Å². The van der Waals surface area contributed by atoms with E-state index < -0.39 is 0 Å². The molecule has 0 saturated carbocycles. The van der Waals surface area contributed by atoms with Crippen molar-refractivity contribution in [1.82, 2.24) is 4.98 Å². The van der Waals surface area contributed by atoms with Crippen LogP contribution in [0.1, 0.15) is 58.7 Å². The Morgan fingerprint density at radius 1 is 0.905 bits per heavy atom. The quantitative estimate of drug-likeness (QED) is 0.692. The first-order valence-corrected chi connectivity index (χ1v) is 7.86. The Labute approximate surface area is 129 Å². The van der Waals surface area contributed by atoms with Crippen molar-refractivity contribution in [2.75, 3.05) is 0 Å². The molecule has 1 heterocycles. The first-order valence-electron chi connectivity index (χ1n) is 7.86. The molecule has 0 N–H and O–H groups in total. The van der Waals surface area contributed by atoms with Crippen LogP contribution in [-0.4, -0.2) is 4.98 Å². The minimum absolute atomic E-state index is 0.176. The van der Waals surface area contributed by atoms with Crippen LogP contribution in [0.4, 0.5) is 0 Å². The Kier molecular flexibility index (Phi) is 4.51. The predicted molar refractivity (Wildman–Crippen MR) is 91.6 cm³/mol. The summed E-state index contributed by atoms with van der Waals surface area (Å²) in [5.74, 6) is 1.12. The zero-order chi connectivity index (χ0) is 15.6. The topological polar surface area (TPSA) is 12.9 Å². The Bertz CT molecular complexity index is 588. The molecule has 0 aliphatic carbocycles. The Morgan fingerprint density at radius 2 is 1.62 bits per heavy atom. The van der Waals surface area contributed by atoms with Crippen LogP contribution in [-0.2, 0) is 5.41 Å². The number of hydrogen-bond donors (Lipinski definition) is 0. The van der Waals surface area contributed by atoms with E-state index in [1.165, 1.54) is 22.4 Å². The van der Waals surface area contributed by atoms with Gasteiger partial charge < -0.3 is 0 Å². The van der Waals surface area contributed by atoms with E-state index in [-0.39, 0.29) is 5.41 Å². The van der Waals surface area contributed by atoms with E-state index in [0.29, 0.717) is 11.8 Å². The average molecular weight is 281 g/mol. The molecule has 1 unspecified atom stereocenters. The lowest BCUT2D eigenvalue weighted by molar-refractivity contribution is 0.524. The number of hydrogen-bond acceptors (Lipinski definition) is 1. The molecule has 21 heavy (non-hydrogen) atoms. The summed E-state index contributed by atoms with van der Waals surface area (Å²) < 4.78 is 0. The normalized spacial score (nSPS) is 13.5. The van der Waals surface area contributed by atoms with Crippen LogP contribution in [0.3, 0.4) is 0 Å². The molecular formula is C20H27N. The molecule has 1 aromatic heterocycles. The minimum Gasteiger partial charge on any atom is -0.260 e. The molecule has 0 bridgehead atoms. The van der Waals surface area contributed by atoms with Crippen molar-refractivity contribution in [3.05, 3.63) is 53.9 Å². The fraction of sp³-hybridized carbons (Fsp3) is 0.450. The first-order chi connectivity index (χ1) is 9.79. The summed E-state index contributed by atoms with van der Waals surface area (Å²) in [4.78, 5) is 4.67. The molecule has 1 heteroatoms. The maximum atomic E-state index is 4.67. The van der Waals surface area contributed by atoms with Gasteiger partial charge in [0.25, 0.3) is 0 Å². The summed E-state index contributed by atoms with van der Waals surface area (Å²) >= 11 is 0. The Balaban J connectivity index is 2.31. The Morgan fingerprint density at radius 3 is 2.14 bits per heavy atom. The summed E-state index contributed by atoms with van der Waals surface area (Å²) in [6.45, 7) is 13.5. The van der Waals surface area contributed by atoms with E-state index in [4.69, 9.17) is 0 Å². The fourth-order valence-electron chi connectivity index (χ4n) is 2.35. The van der Waals surface area contributed by atoms with Crippen molar-refractivity contribution in [2.45, 2.75) is 52.9 Å². The third kappa shape index (κ3) is 3.72. The van der Waals surface area contributed by atoms with E-state index in [1.807, 2.05) is 6.20 Å². The van der Waals surface area contributed by atoms with Gasteiger partial charge in [-0.3, -0.25) is 4.98 Å².